The Hall–Kier alpha value is -2.77. The van der Waals surface area contributed by atoms with E-state index in [1.807, 2.05) is 13.8 Å². The number of carbonyl (C=O) groups is 1. The summed E-state index contributed by atoms with van der Waals surface area (Å²) in [6.07, 6.45) is 0. The summed E-state index contributed by atoms with van der Waals surface area (Å²) in [7, 11) is 0. The van der Waals surface area contributed by atoms with Gasteiger partial charge < -0.3 is 15.5 Å². The van der Waals surface area contributed by atoms with E-state index in [1.165, 1.54) is 0 Å². The largest absolute Gasteiger partial charge is 0.365 e. The van der Waals surface area contributed by atoms with Gasteiger partial charge in [0.05, 0.1) is 17.0 Å². The molecule has 1 aliphatic rings. The van der Waals surface area contributed by atoms with E-state index in [0.717, 1.165) is 41.7 Å². The maximum atomic E-state index is 12.1. The number of rotatable bonds is 3. The minimum atomic E-state index is -0.464. The molecule has 8 heteroatoms. The van der Waals surface area contributed by atoms with Gasteiger partial charge in [0.2, 0.25) is 0 Å². The van der Waals surface area contributed by atoms with Crippen LogP contribution >= 0.6 is 0 Å². The van der Waals surface area contributed by atoms with E-state index in [0.29, 0.717) is 24.5 Å². The topological polar surface area (TPSA) is 101 Å². The van der Waals surface area contributed by atoms with E-state index in [2.05, 4.69) is 67.6 Å². The fourth-order valence-electron chi connectivity index (χ4n) is 3.58. The van der Waals surface area contributed by atoms with Crippen molar-refractivity contribution in [3.63, 3.8) is 0 Å². The monoisotopic (exact) mass is 425 g/mol. The minimum Gasteiger partial charge on any atom is -0.365 e. The first-order valence-electron chi connectivity index (χ1n) is 10.8. The number of primary amides is 1. The maximum Gasteiger partial charge on any atom is 0.252 e. The number of aromatic nitrogens is 4. The molecule has 0 aliphatic carbocycles. The lowest BCUT2D eigenvalue weighted by atomic mass is 9.90. The zero-order valence-electron chi connectivity index (χ0n) is 20.1. The molecule has 0 saturated carbocycles. The summed E-state index contributed by atoms with van der Waals surface area (Å²) in [6.45, 7) is 19.6. The quantitative estimate of drug-likeness (QED) is 0.807. The van der Waals surface area contributed by atoms with E-state index in [4.69, 9.17) is 15.7 Å². The van der Waals surface area contributed by atoms with Crippen LogP contribution in [0, 0.1) is 13.8 Å². The summed E-state index contributed by atoms with van der Waals surface area (Å²) in [4.78, 5) is 26.2. The standard InChI is InChI=1S/C23H35N7O/c1-14-15(2)27-28-20(18(14)19(24)31)30-11-9-29(10-12-30)17-13-16(22(3,4)5)25-21(26-17)23(6,7)8/h13H,9-12H2,1-8H3,(H2,24,31). The fourth-order valence-corrected chi connectivity index (χ4v) is 3.58. The average Bonchev–Trinajstić information content (AvgIpc) is 2.68. The highest BCUT2D eigenvalue weighted by molar-refractivity contribution is 5.99. The van der Waals surface area contributed by atoms with Crippen molar-refractivity contribution in [2.75, 3.05) is 36.0 Å². The van der Waals surface area contributed by atoms with Gasteiger partial charge in [-0.3, -0.25) is 4.79 Å². The second-order valence-electron chi connectivity index (χ2n) is 10.4. The second-order valence-corrected chi connectivity index (χ2v) is 10.4. The first kappa shape index (κ1) is 22.9. The number of carbonyl (C=O) groups excluding carboxylic acids is 1. The molecule has 1 saturated heterocycles. The van der Waals surface area contributed by atoms with Crippen LogP contribution in [0.1, 0.15) is 74.7 Å². The summed E-state index contributed by atoms with van der Waals surface area (Å²) in [5, 5.41) is 8.52. The third kappa shape index (κ3) is 4.78. The van der Waals surface area contributed by atoms with Gasteiger partial charge in [-0.05, 0) is 19.4 Å². The smallest absolute Gasteiger partial charge is 0.252 e. The number of nitrogens with zero attached hydrogens (tertiary/aromatic N) is 6. The van der Waals surface area contributed by atoms with Crippen LogP contribution in [0.2, 0.25) is 0 Å². The van der Waals surface area contributed by atoms with Gasteiger partial charge in [0.1, 0.15) is 11.6 Å². The summed E-state index contributed by atoms with van der Waals surface area (Å²) in [5.41, 5.74) is 8.49. The average molecular weight is 426 g/mol. The van der Waals surface area contributed by atoms with Crippen LogP contribution in [0.4, 0.5) is 11.6 Å². The Morgan fingerprint density at radius 1 is 0.903 bits per heavy atom. The van der Waals surface area contributed by atoms with Crippen molar-refractivity contribution >= 4 is 17.5 Å². The van der Waals surface area contributed by atoms with Crippen molar-refractivity contribution in [2.45, 2.75) is 66.2 Å². The van der Waals surface area contributed by atoms with Gasteiger partial charge in [-0.1, -0.05) is 41.5 Å². The molecule has 1 amide bonds. The number of hydrogen-bond donors (Lipinski definition) is 1. The Morgan fingerprint density at radius 2 is 1.48 bits per heavy atom. The second kappa shape index (κ2) is 8.05. The van der Waals surface area contributed by atoms with Crippen molar-refractivity contribution in [3.8, 4) is 0 Å². The summed E-state index contributed by atoms with van der Waals surface area (Å²) in [6, 6.07) is 2.11. The van der Waals surface area contributed by atoms with E-state index >= 15 is 0 Å². The van der Waals surface area contributed by atoms with Gasteiger partial charge in [0.25, 0.3) is 5.91 Å². The van der Waals surface area contributed by atoms with Gasteiger partial charge in [-0.25, -0.2) is 9.97 Å². The van der Waals surface area contributed by atoms with Crippen LogP contribution in [0.5, 0.6) is 0 Å². The highest BCUT2D eigenvalue weighted by atomic mass is 16.1. The SMILES string of the molecule is Cc1nnc(N2CCN(c3cc(C(C)(C)C)nc(C(C)(C)C)n3)CC2)c(C(N)=O)c1C. The minimum absolute atomic E-state index is 0.0646. The number of nitrogens with two attached hydrogens (primary N) is 1. The Kier molecular flexibility index (Phi) is 5.95. The molecule has 0 aromatic carbocycles. The van der Waals surface area contributed by atoms with Crippen LogP contribution < -0.4 is 15.5 Å². The molecule has 31 heavy (non-hydrogen) atoms. The third-order valence-electron chi connectivity index (χ3n) is 5.74. The molecule has 0 atom stereocenters. The fraction of sp³-hybridized carbons (Fsp3) is 0.609. The molecule has 0 spiro atoms. The molecule has 8 nitrogen and oxygen atoms in total. The lowest BCUT2D eigenvalue weighted by Gasteiger charge is -2.37. The molecule has 2 aromatic heterocycles. The Balaban J connectivity index is 1.88. The third-order valence-corrected chi connectivity index (χ3v) is 5.74. The van der Waals surface area contributed by atoms with E-state index in [-0.39, 0.29) is 10.8 Å². The van der Waals surface area contributed by atoms with Gasteiger partial charge in [0.15, 0.2) is 5.82 Å². The lowest BCUT2D eigenvalue weighted by Crippen LogP contribution is -2.48. The van der Waals surface area contributed by atoms with Crippen molar-refractivity contribution in [1.29, 1.82) is 0 Å². The number of aryl methyl sites for hydroxylation is 1. The van der Waals surface area contributed by atoms with E-state index < -0.39 is 5.91 Å². The van der Waals surface area contributed by atoms with Crippen molar-refractivity contribution in [1.82, 2.24) is 20.2 Å². The molecule has 0 unspecified atom stereocenters. The molecule has 2 aromatic rings. The molecular formula is C23H35N7O. The van der Waals surface area contributed by atoms with E-state index in [1.54, 1.807) is 0 Å². The Labute approximate surface area is 185 Å². The predicted octanol–water partition coefficient (Wildman–Crippen LogP) is 2.90. The number of piperazine rings is 1. The highest BCUT2D eigenvalue weighted by Crippen LogP contribution is 2.29. The lowest BCUT2D eigenvalue weighted by molar-refractivity contribution is 0.0999. The van der Waals surface area contributed by atoms with Gasteiger partial charge >= 0.3 is 0 Å². The molecule has 1 aliphatic heterocycles. The van der Waals surface area contributed by atoms with Crippen LogP contribution in [-0.4, -0.2) is 52.3 Å². The van der Waals surface area contributed by atoms with Crippen LogP contribution in [0.3, 0.4) is 0 Å². The molecule has 1 fully saturated rings. The normalized spacial score (nSPS) is 15.4. The number of anilines is 2. The summed E-state index contributed by atoms with van der Waals surface area (Å²) >= 11 is 0. The van der Waals surface area contributed by atoms with Crippen molar-refractivity contribution in [3.05, 3.63) is 34.4 Å². The molecule has 2 N–H and O–H groups in total. The molecule has 168 valence electrons. The Bertz CT molecular complexity index is 948. The molecule has 0 bridgehead atoms. The zero-order valence-corrected chi connectivity index (χ0v) is 20.1. The number of hydrogen-bond acceptors (Lipinski definition) is 7. The van der Waals surface area contributed by atoms with Crippen LogP contribution in [0.15, 0.2) is 6.07 Å². The first-order valence-corrected chi connectivity index (χ1v) is 10.8. The van der Waals surface area contributed by atoms with E-state index in [9.17, 15) is 4.79 Å². The molecular weight excluding hydrogens is 390 g/mol. The van der Waals surface area contributed by atoms with Crippen LogP contribution in [-0.2, 0) is 10.8 Å². The molecule has 0 radical (unpaired) electrons. The van der Waals surface area contributed by atoms with Gasteiger partial charge in [0, 0.05) is 43.1 Å². The first-order chi connectivity index (χ1) is 14.3. The van der Waals surface area contributed by atoms with Crippen LogP contribution in [0.25, 0.3) is 0 Å². The molecule has 3 heterocycles. The summed E-state index contributed by atoms with van der Waals surface area (Å²) in [5.74, 6) is 1.91. The summed E-state index contributed by atoms with van der Waals surface area (Å²) < 4.78 is 0. The van der Waals surface area contributed by atoms with Gasteiger partial charge in [-0.2, -0.15) is 5.10 Å². The van der Waals surface area contributed by atoms with Crippen molar-refractivity contribution < 1.29 is 4.79 Å². The van der Waals surface area contributed by atoms with Crippen molar-refractivity contribution in [2.24, 2.45) is 5.73 Å². The highest BCUT2D eigenvalue weighted by Gasteiger charge is 2.28. The Morgan fingerprint density at radius 3 is 2.00 bits per heavy atom. The predicted molar refractivity (Wildman–Crippen MR) is 124 cm³/mol. The van der Waals surface area contributed by atoms with Gasteiger partial charge in [-0.15, -0.1) is 5.10 Å². The zero-order chi connectivity index (χ0) is 23.1. The maximum absolute atomic E-state index is 12.1. The molecule has 3 rings (SSSR count). The number of amides is 1.